The van der Waals surface area contributed by atoms with Crippen LogP contribution < -0.4 is 5.73 Å². The van der Waals surface area contributed by atoms with E-state index >= 15 is 0 Å². The summed E-state index contributed by atoms with van der Waals surface area (Å²) < 4.78 is 2.11. The Bertz CT molecular complexity index is 699. The van der Waals surface area contributed by atoms with Crippen molar-refractivity contribution < 1.29 is 0 Å². The molecule has 1 aromatic heterocycles. The first-order valence-corrected chi connectivity index (χ1v) is 6.51. The maximum atomic E-state index is 6.04. The SMILES string of the molecule is Cc1cccc2nc(N)n(CCc3ccccc3)c12. The van der Waals surface area contributed by atoms with Gasteiger partial charge in [-0.05, 0) is 30.5 Å². The Balaban J connectivity index is 1.95. The number of anilines is 1. The summed E-state index contributed by atoms with van der Waals surface area (Å²) >= 11 is 0. The van der Waals surface area contributed by atoms with Crippen LogP contribution in [0.3, 0.4) is 0 Å². The second-order valence-corrected chi connectivity index (χ2v) is 4.80. The standard InChI is InChI=1S/C16H17N3/c1-12-6-5-9-14-15(12)19(16(17)18-14)11-10-13-7-3-2-4-8-13/h2-9H,10-11H2,1H3,(H2,17,18). The van der Waals surface area contributed by atoms with Gasteiger partial charge in [0, 0.05) is 6.54 Å². The van der Waals surface area contributed by atoms with E-state index in [-0.39, 0.29) is 0 Å². The zero-order valence-corrected chi connectivity index (χ0v) is 11.0. The topological polar surface area (TPSA) is 43.8 Å². The number of hydrogen-bond acceptors (Lipinski definition) is 2. The third-order valence-corrected chi connectivity index (χ3v) is 3.46. The lowest BCUT2D eigenvalue weighted by Gasteiger charge is -2.08. The molecule has 0 radical (unpaired) electrons. The van der Waals surface area contributed by atoms with Gasteiger partial charge >= 0.3 is 0 Å². The molecular formula is C16H17N3. The maximum Gasteiger partial charge on any atom is 0.201 e. The van der Waals surface area contributed by atoms with Crippen molar-refractivity contribution in [3.63, 3.8) is 0 Å². The fourth-order valence-electron chi connectivity index (χ4n) is 2.50. The Morgan fingerprint density at radius 3 is 2.63 bits per heavy atom. The van der Waals surface area contributed by atoms with Crippen LogP contribution in [0.1, 0.15) is 11.1 Å². The van der Waals surface area contributed by atoms with Crippen molar-refractivity contribution >= 4 is 17.0 Å². The molecule has 0 aliphatic carbocycles. The molecular weight excluding hydrogens is 234 g/mol. The average molecular weight is 251 g/mol. The first kappa shape index (κ1) is 11.8. The van der Waals surface area contributed by atoms with Gasteiger partial charge in [0.05, 0.1) is 11.0 Å². The van der Waals surface area contributed by atoms with Crippen molar-refractivity contribution in [1.82, 2.24) is 9.55 Å². The number of nitrogens with two attached hydrogens (primary N) is 1. The Hall–Kier alpha value is -2.29. The lowest BCUT2D eigenvalue weighted by Crippen LogP contribution is -2.06. The molecule has 1 heterocycles. The fraction of sp³-hybridized carbons (Fsp3) is 0.188. The van der Waals surface area contributed by atoms with Gasteiger partial charge in [-0.2, -0.15) is 0 Å². The molecule has 3 rings (SSSR count). The number of para-hydroxylation sites is 1. The second kappa shape index (κ2) is 4.76. The number of fused-ring (bicyclic) bond motifs is 1. The van der Waals surface area contributed by atoms with Crippen LogP contribution in [-0.4, -0.2) is 9.55 Å². The molecule has 3 aromatic rings. The van der Waals surface area contributed by atoms with Crippen molar-refractivity contribution in [2.75, 3.05) is 5.73 Å². The third kappa shape index (κ3) is 2.19. The van der Waals surface area contributed by atoms with Crippen LogP contribution in [0.25, 0.3) is 11.0 Å². The lowest BCUT2D eigenvalue weighted by molar-refractivity contribution is 0.725. The molecule has 0 fully saturated rings. The number of nitrogen functional groups attached to an aromatic ring is 1. The van der Waals surface area contributed by atoms with Gasteiger partial charge in [-0.1, -0.05) is 42.5 Å². The molecule has 0 bridgehead atoms. The molecule has 2 N–H and O–H groups in total. The molecule has 0 aliphatic heterocycles. The Labute approximate surface area is 112 Å². The van der Waals surface area contributed by atoms with E-state index < -0.39 is 0 Å². The van der Waals surface area contributed by atoms with Gasteiger partial charge < -0.3 is 10.3 Å². The zero-order valence-electron chi connectivity index (χ0n) is 11.0. The number of hydrogen-bond donors (Lipinski definition) is 1. The van der Waals surface area contributed by atoms with Crippen LogP contribution in [0.15, 0.2) is 48.5 Å². The molecule has 2 aromatic carbocycles. The predicted octanol–water partition coefficient (Wildman–Crippen LogP) is 3.17. The van der Waals surface area contributed by atoms with E-state index in [0.29, 0.717) is 5.95 Å². The molecule has 0 spiro atoms. The summed E-state index contributed by atoms with van der Waals surface area (Å²) in [7, 11) is 0. The number of nitrogens with zero attached hydrogens (tertiary/aromatic N) is 2. The highest BCUT2D eigenvalue weighted by Gasteiger charge is 2.09. The van der Waals surface area contributed by atoms with E-state index in [2.05, 4.69) is 46.8 Å². The number of aromatic nitrogens is 2. The predicted molar refractivity (Wildman–Crippen MR) is 79.0 cm³/mol. The first-order chi connectivity index (χ1) is 9.25. The largest absolute Gasteiger partial charge is 0.369 e. The average Bonchev–Trinajstić information content (AvgIpc) is 2.75. The van der Waals surface area contributed by atoms with Crippen LogP contribution in [0.5, 0.6) is 0 Å². The highest BCUT2D eigenvalue weighted by atomic mass is 15.1. The van der Waals surface area contributed by atoms with Crippen LogP contribution in [0.4, 0.5) is 5.95 Å². The minimum atomic E-state index is 0.597. The van der Waals surface area contributed by atoms with Crippen LogP contribution in [0, 0.1) is 6.92 Å². The van der Waals surface area contributed by atoms with Gasteiger partial charge in [0.2, 0.25) is 5.95 Å². The van der Waals surface area contributed by atoms with Gasteiger partial charge in [-0.25, -0.2) is 4.98 Å². The lowest BCUT2D eigenvalue weighted by atomic mass is 10.1. The summed E-state index contributed by atoms with van der Waals surface area (Å²) in [6.45, 7) is 2.96. The molecule has 3 heteroatoms. The van der Waals surface area contributed by atoms with Gasteiger partial charge in [-0.3, -0.25) is 0 Å². The van der Waals surface area contributed by atoms with E-state index in [9.17, 15) is 0 Å². The summed E-state index contributed by atoms with van der Waals surface area (Å²) in [6, 6.07) is 16.6. The highest BCUT2D eigenvalue weighted by Crippen LogP contribution is 2.21. The second-order valence-electron chi connectivity index (χ2n) is 4.80. The highest BCUT2D eigenvalue weighted by molar-refractivity contribution is 5.81. The van der Waals surface area contributed by atoms with Crippen LogP contribution in [-0.2, 0) is 13.0 Å². The molecule has 0 unspecified atom stereocenters. The molecule has 0 aliphatic rings. The minimum Gasteiger partial charge on any atom is -0.369 e. The van der Waals surface area contributed by atoms with Crippen molar-refractivity contribution in [3.05, 3.63) is 59.7 Å². The van der Waals surface area contributed by atoms with E-state index in [0.717, 1.165) is 24.0 Å². The van der Waals surface area contributed by atoms with Gasteiger partial charge in [-0.15, -0.1) is 0 Å². The van der Waals surface area contributed by atoms with Crippen molar-refractivity contribution in [2.45, 2.75) is 19.9 Å². The Kier molecular flexibility index (Phi) is 2.95. The quantitative estimate of drug-likeness (QED) is 0.777. The third-order valence-electron chi connectivity index (χ3n) is 3.46. The summed E-state index contributed by atoms with van der Waals surface area (Å²) in [5.41, 5.74) is 10.7. The number of imidazole rings is 1. The van der Waals surface area contributed by atoms with E-state index in [1.165, 1.54) is 11.1 Å². The summed E-state index contributed by atoms with van der Waals surface area (Å²) in [5.74, 6) is 0.597. The van der Waals surface area contributed by atoms with Crippen LogP contribution >= 0.6 is 0 Å². The smallest absolute Gasteiger partial charge is 0.201 e. The van der Waals surface area contributed by atoms with Gasteiger partial charge in [0.25, 0.3) is 0 Å². The number of benzene rings is 2. The van der Waals surface area contributed by atoms with Crippen LogP contribution in [0.2, 0.25) is 0 Å². The monoisotopic (exact) mass is 251 g/mol. The summed E-state index contributed by atoms with van der Waals surface area (Å²) in [4.78, 5) is 4.43. The van der Waals surface area contributed by atoms with Gasteiger partial charge in [0.1, 0.15) is 0 Å². The molecule has 0 atom stereocenters. The van der Waals surface area contributed by atoms with E-state index in [1.54, 1.807) is 0 Å². The molecule has 0 saturated carbocycles. The zero-order chi connectivity index (χ0) is 13.2. The van der Waals surface area contributed by atoms with Crippen molar-refractivity contribution in [1.29, 1.82) is 0 Å². The molecule has 0 amide bonds. The first-order valence-electron chi connectivity index (χ1n) is 6.51. The normalized spacial score (nSPS) is 11.0. The Morgan fingerprint density at radius 1 is 1.05 bits per heavy atom. The molecule has 96 valence electrons. The fourth-order valence-corrected chi connectivity index (χ4v) is 2.50. The molecule has 0 saturated heterocycles. The van der Waals surface area contributed by atoms with Gasteiger partial charge in [0.15, 0.2) is 0 Å². The van der Waals surface area contributed by atoms with Crippen molar-refractivity contribution in [2.24, 2.45) is 0 Å². The number of rotatable bonds is 3. The van der Waals surface area contributed by atoms with Crippen molar-refractivity contribution in [3.8, 4) is 0 Å². The number of aryl methyl sites for hydroxylation is 3. The molecule has 19 heavy (non-hydrogen) atoms. The minimum absolute atomic E-state index is 0.597. The maximum absolute atomic E-state index is 6.04. The summed E-state index contributed by atoms with van der Waals surface area (Å²) in [5, 5.41) is 0. The van der Waals surface area contributed by atoms with E-state index in [4.69, 9.17) is 5.73 Å². The molecule has 3 nitrogen and oxygen atoms in total. The van der Waals surface area contributed by atoms with E-state index in [1.807, 2.05) is 18.2 Å². The summed E-state index contributed by atoms with van der Waals surface area (Å²) in [6.07, 6.45) is 0.963. The Morgan fingerprint density at radius 2 is 1.84 bits per heavy atom.